The molecule has 0 saturated carbocycles. The molecule has 1 rings (SSSR count). The summed E-state index contributed by atoms with van der Waals surface area (Å²) in [5, 5.41) is 20.7. The van der Waals surface area contributed by atoms with Gasteiger partial charge in [0.2, 0.25) is 11.8 Å². The second kappa shape index (κ2) is 11.2. The lowest BCUT2D eigenvalue weighted by molar-refractivity contribution is -0.118. The van der Waals surface area contributed by atoms with Crippen molar-refractivity contribution in [3.05, 3.63) is 48.1 Å². The monoisotopic (exact) mass is 428 g/mol. The number of amides is 2. The number of aromatic hydroxyl groups is 2. The van der Waals surface area contributed by atoms with Gasteiger partial charge in [-0.15, -0.1) is 0 Å². The molecule has 29 heavy (non-hydrogen) atoms. The van der Waals surface area contributed by atoms with Crippen LogP contribution in [0.5, 0.6) is 11.5 Å². The van der Waals surface area contributed by atoms with Crippen molar-refractivity contribution in [1.82, 2.24) is 5.32 Å². The van der Waals surface area contributed by atoms with Crippen LogP contribution >= 0.6 is 0 Å². The number of rotatable bonds is 8. The first-order valence-electron chi connectivity index (χ1n) is 8.54. The summed E-state index contributed by atoms with van der Waals surface area (Å²) in [7, 11) is -4.08. The standard InChI is InChI=1S/C12H15NO3.C7H13NO4S/c1-8(12(13)16)3-2-4-9-5-6-10(14)11(15)7-9;1-4-6(9)8-7(2,3)5-13(10,11)12/h3,5-7,14-15H,2,4H2,1H3,(H2,13,16);4H,1,5H2,2-3H3,(H,8,9)(H,10,11,12). The van der Waals surface area contributed by atoms with Crippen molar-refractivity contribution < 1.29 is 32.8 Å². The molecule has 0 unspecified atom stereocenters. The number of benzene rings is 1. The van der Waals surface area contributed by atoms with Crippen LogP contribution in [0.3, 0.4) is 0 Å². The number of carbonyl (C=O) groups excluding carboxylic acids is 2. The summed E-state index contributed by atoms with van der Waals surface area (Å²) in [5.74, 6) is -1.69. The van der Waals surface area contributed by atoms with Gasteiger partial charge >= 0.3 is 0 Å². The molecule has 1 aromatic carbocycles. The van der Waals surface area contributed by atoms with E-state index in [9.17, 15) is 23.1 Å². The van der Waals surface area contributed by atoms with Gasteiger partial charge in [0.1, 0.15) is 0 Å². The van der Waals surface area contributed by atoms with E-state index in [4.69, 9.17) is 15.4 Å². The zero-order chi connectivity index (χ0) is 22.8. The summed E-state index contributed by atoms with van der Waals surface area (Å²) in [6.07, 6.45) is 4.13. The molecule has 1 aromatic rings. The maximum Gasteiger partial charge on any atom is 0.267 e. The summed E-state index contributed by atoms with van der Waals surface area (Å²) in [4.78, 5) is 21.5. The van der Waals surface area contributed by atoms with Crippen LogP contribution in [0, 0.1) is 0 Å². The van der Waals surface area contributed by atoms with Crippen molar-refractivity contribution in [3.8, 4) is 11.5 Å². The van der Waals surface area contributed by atoms with Crippen LogP contribution in [0.4, 0.5) is 0 Å². The van der Waals surface area contributed by atoms with Gasteiger partial charge in [0, 0.05) is 5.57 Å². The van der Waals surface area contributed by atoms with E-state index in [0.717, 1.165) is 11.6 Å². The molecule has 10 heteroatoms. The van der Waals surface area contributed by atoms with E-state index in [1.165, 1.54) is 26.0 Å². The van der Waals surface area contributed by atoms with Gasteiger partial charge in [-0.2, -0.15) is 8.42 Å². The van der Waals surface area contributed by atoms with Gasteiger partial charge in [0.05, 0.1) is 11.3 Å². The van der Waals surface area contributed by atoms with Crippen molar-refractivity contribution in [2.75, 3.05) is 5.75 Å². The molecule has 0 heterocycles. The minimum Gasteiger partial charge on any atom is -0.504 e. The largest absolute Gasteiger partial charge is 0.504 e. The molecular formula is C19H28N2O7S. The maximum absolute atomic E-state index is 10.8. The number of hydrogen-bond acceptors (Lipinski definition) is 6. The highest BCUT2D eigenvalue weighted by atomic mass is 32.2. The van der Waals surface area contributed by atoms with Gasteiger partial charge in [-0.3, -0.25) is 14.1 Å². The van der Waals surface area contributed by atoms with Gasteiger partial charge in [-0.1, -0.05) is 18.7 Å². The predicted molar refractivity (Wildman–Crippen MR) is 110 cm³/mol. The van der Waals surface area contributed by atoms with Crippen molar-refractivity contribution in [1.29, 1.82) is 0 Å². The molecule has 0 atom stereocenters. The molecule has 2 amide bonds. The van der Waals surface area contributed by atoms with Crippen molar-refractivity contribution in [2.24, 2.45) is 5.73 Å². The molecule has 0 spiro atoms. The summed E-state index contributed by atoms with van der Waals surface area (Å²) < 4.78 is 29.5. The molecule has 0 radical (unpaired) electrons. The molecule has 0 fully saturated rings. The number of phenols is 2. The van der Waals surface area contributed by atoms with Crippen molar-refractivity contribution >= 4 is 21.9 Å². The van der Waals surface area contributed by atoms with Crippen LogP contribution in [-0.4, -0.2) is 46.3 Å². The molecule has 162 valence electrons. The number of allylic oxidation sites excluding steroid dienone is 1. The first-order valence-corrected chi connectivity index (χ1v) is 10.1. The minimum absolute atomic E-state index is 0.131. The Balaban J connectivity index is 0.000000555. The normalized spacial score (nSPS) is 11.8. The maximum atomic E-state index is 10.8. The Hall–Kier alpha value is -2.85. The number of nitrogens with one attached hydrogen (secondary N) is 1. The highest BCUT2D eigenvalue weighted by molar-refractivity contribution is 7.85. The van der Waals surface area contributed by atoms with E-state index < -0.39 is 33.2 Å². The second-order valence-electron chi connectivity index (χ2n) is 6.92. The number of phenolic OH excluding ortho intramolecular Hbond substituents is 2. The number of hydrogen-bond donors (Lipinski definition) is 5. The third kappa shape index (κ3) is 12.3. The Labute approximate surface area is 170 Å². The molecule has 0 saturated heterocycles. The Morgan fingerprint density at radius 2 is 1.83 bits per heavy atom. The Bertz CT molecular complexity index is 875. The highest BCUT2D eigenvalue weighted by Gasteiger charge is 2.25. The lowest BCUT2D eigenvalue weighted by Gasteiger charge is -2.23. The van der Waals surface area contributed by atoms with Gasteiger partial charge in [0.25, 0.3) is 10.1 Å². The second-order valence-corrected chi connectivity index (χ2v) is 8.37. The van der Waals surface area contributed by atoms with Crippen LogP contribution in [0.15, 0.2) is 42.5 Å². The molecule has 6 N–H and O–H groups in total. The molecule has 0 aromatic heterocycles. The van der Waals surface area contributed by atoms with Crippen molar-refractivity contribution in [2.45, 2.75) is 39.2 Å². The third-order valence-electron chi connectivity index (χ3n) is 3.50. The fraction of sp³-hybridized carbons (Fsp3) is 0.368. The zero-order valence-electron chi connectivity index (χ0n) is 16.7. The van der Waals surface area contributed by atoms with Gasteiger partial charge in [-0.05, 0) is 57.4 Å². The fourth-order valence-electron chi connectivity index (χ4n) is 2.16. The number of nitrogens with two attached hydrogens (primary N) is 1. The Morgan fingerprint density at radius 3 is 2.28 bits per heavy atom. The van der Waals surface area contributed by atoms with Gasteiger partial charge in [0.15, 0.2) is 11.5 Å². The first kappa shape index (κ1) is 26.1. The van der Waals surface area contributed by atoms with Crippen molar-refractivity contribution in [3.63, 3.8) is 0 Å². The van der Waals surface area contributed by atoms with E-state index in [1.807, 2.05) is 0 Å². The van der Waals surface area contributed by atoms with Crippen LogP contribution in [-0.2, 0) is 26.1 Å². The fourth-order valence-corrected chi connectivity index (χ4v) is 3.14. The van der Waals surface area contributed by atoms with E-state index in [-0.39, 0.29) is 11.5 Å². The summed E-state index contributed by atoms with van der Waals surface area (Å²) in [6.45, 7) is 7.86. The molecule has 0 aliphatic carbocycles. The van der Waals surface area contributed by atoms with Gasteiger partial charge < -0.3 is 21.3 Å². The molecule has 0 bridgehead atoms. The molecular weight excluding hydrogens is 400 g/mol. The number of primary amides is 1. The SMILES string of the molecule is C=CC(=O)NC(C)(C)CS(=O)(=O)O.CC(=CCCc1ccc(O)c(O)c1)C(N)=O. The number of carbonyl (C=O) groups is 2. The molecule has 9 nitrogen and oxygen atoms in total. The van der Waals surface area contributed by atoms with Crippen LogP contribution < -0.4 is 11.1 Å². The van der Waals surface area contributed by atoms with Crippen LogP contribution in [0.1, 0.15) is 32.8 Å². The average molecular weight is 429 g/mol. The highest BCUT2D eigenvalue weighted by Crippen LogP contribution is 2.25. The Morgan fingerprint density at radius 1 is 1.24 bits per heavy atom. The molecule has 0 aliphatic heterocycles. The first-order chi connectivity index (χ1) is 13.2. The topological polar surface area (TPSA) is 167 Å². The van der Waals surface area contributed by atoms with Gasteiger partial charge in [-0.25, -0.2) is 0 Å². The zero-order valence-corrected chi connectivity index (χ0v) is 17.5. The van der Waals surface area contributed by atoms with E-state index in [2.05, 4.69) is 11.9 Å². The minimum atomic E-state index is -4.08. The summed E-state index contributed by atoms with van der Waals surface area (Å²) >= 11 is 0. The summed E-state index contributed by atoms with van der Waals surface area (Å²) in [6, 6.07) is 4.67. The average Bonchev–Trinajstić information content (AvgIpc) is 2.55. The lowest BCUT2D eigenvalue weighted by atomic mass is 10.1. The summed E-state index contributed by atoms with van der Waals surface area (Å²) in [5.41, 5.74) is 5.50. The molecule has 0 aliphatic rings. The Kier molecular flexibility index (Phi) is 10.1. The predicted octanol–water partition coefficient (Wildman–Crippen LogP) is 1.42. The van der Waals surface area contributed by atoms with E-state index >= 15 is 0 Å². The third-order valence-corrected chi connectivity index (χ3v) is 4.59. The quantitative estimate of drug-likeness (QED) is 0.237. The smallest absolute Gasteiger partial charge is 0.267 e. The van der Waals surface area contributed by atoms with E-state index in [1.54, 1.807) is 19.1 Å². The van der Waals surface area contributed by atoms with E-state index in [0.29, 0.717) is 18.4 Å². The number of aryl methyl sites for hydroxylation is 1. The lowest BCUT2D eigenvalue weighted by Crippen LogP contribution is -2.47. The van der Waals surface area contributed by atoms with Crippen LogP contribution in [0.2, 0.25) is 0 Å². The van der Waals surface area contributed by atoms with Crippen LogP contribution in [0.25, 0.3) is 0 Å².